The lowest BCUT2D eigenvalue weighted by molar-refractivity contribution is 0.102. The second kappa shape index (κ2) is 4.98. The zero-order valence-corrected chi connectivity index (χ0v) is 13.5. The average Bonchev–Trinajstić information content (AvgIpc) is 2.96. The van der Waals surface area contributed by atoms with E-state index >= 15 is 0 Å². The Bertz CT molecular complexity index is 917. The summed E-state index contributed by atoms with van der Waals surface area (Å²) in [5.41, 5.74) is 1.78. The fourth-order valence-corrected chi connectivity index (χ4v) is 2.88. The van der Waals surface area contributed by atoms with Crippen molar-refractivity contribution >= 4 is 21.6 Å². The summed E-state index contributed by atoms with van der Waals surface area (Å²) < 4.78 is 54.3. The molecule has 0 saturated heterocycles. The van der Waals surface area contributed by atoms with Gasteiger partial charge in [-0.25, -0.2) is 8.78 Å². The van der Waals surface area contributed by atoms with Crippen molar-refractivity contribution in [2.45, 2.75) is 23.1 Å². The van der Waals surface area contributed by atoms with E-state index in [4.69, 9.17) is 0 Å². The van der Waals surface area contributed by atoms with Crippen LogP contribution < -0.4 is 0 Å². The molecule has 1 aromatic carbocycles. The van der Waals surface area contributed by atoms with E-state index in [1.165, 1.54) is 12.4 Å². The molecule has 1 aliphatic rings. The van der Waals surface area contributed by atoms with Crippen LogP contribution in [-0.2, 0) is 4.83 Å². The van der Waals surface area contributed by atoms with Gasteiger partial charge in [-0.2, -0.15) is 8.78 Å². The van der Waals surface area contributed by atoms with Gasteiger partial charge in [0.05, 0.1) is 17.8 Å². The van der Waals surface area contributed by atoms with E-state index in [0.717, 1.165) is 4.40 Å². The predicted molar refractivity (Wildman–Crippen MR) is 81.3 cm³/mol. The fourth-order valence-electron chi connectivity index (χ4n) is 2.61. The molecule has 1 unspecified atom stereocenters. The monoisotopic (exact) mass is 400 g/mol. The third-order valence-electron chi connectivity index (χ3n) is 3.98. The lowest BCUT2D eigenvalue weighted by Gasteiger charge is -2.07. The molecule has 0 radical (unpaired) electrons. The van der Waals surface area contributed by atoms with Crippen molar-refractivity contribution < 1.29 is 17.6 Å². The minimum absolute atomic E-state index is 0.138. The van der Waals surface area contributed by atoms with Crippen LogP contribution in [0.25, 0.3) is 16.9 Å². The molecule has 1 saturated carbocycles. The maximum Gasteiger partial charge on any atom is 0.360 e. The highest BCUT2D eigenvalue weighted by atomic mass is 79.9. The van der Waals surface area contributed by atoms with E-state index in [1.807, 2.05) is 0 Å². The van der Waals surface area contributed by atoms with Gasteiger partial charge in [0, 0.05) is 18.2 Å². The Morgan fingerprint density at radius 1 is 1.17 bits per heavy atom. The zero-order valence-electron chi connectivity index (χ0n) is 11.9. The maximum atomic E-state index is 13.5. The molecular weight excluding hydrogens is 392 g/mol. The first kappa shape index (κ1) is 15.5. The van der Waals surface area contributed by atoms with Crippen LogP contribution in [-0.4, -0.2) is 25.5 Å². The molecule has 4 nitrogen and oxygen atoms in total. The van der Waals surface area contributed by atoms with Gasteiger partial charge in [-0.15, -0.1) is 10.2 Å². The quantitative estimate of drug-likeness (QED) is 0.484. The molecule has 124 valence electrons. The first-order chi connectivity index (χ1) is 11.3. The topological polar surface area (TPSA) is 43.1 Å². The highest BCUT2D eigenvalue weighted by molar-refractivity contribution is 9.09. The largest absolute Gasteiger partial charge is 0.360 e. The normalized spacial score (nSPS) is 19.6. The molecule has 2 aromatic heterocycles. The van der Waals surface area contributed by atoms with E-state index < -0.39 is 22.5 Å². The number of benzene rings is 1. The zero-order chi connectivity index (χ0) is 17.1. The van der Waals surface area contributed by atoms with E-state index in [0.29, 0.717) is 16.8 Å². The Balaban J connectivity index is 1.71. The molecule has 9 heteroatoms. The second-order valence-corrected chi connectivity index (χ2v) is 6.66. The van der Waals surface area contributed by atoms with E-state index in [1.54, 1.807) is 24.3 Å². The summed E-state index contributed by atoms with van der Waals surface area (Å²) >= 11 is 2.26. The predicted octanol–water partition coefficient (Wildman–Crippen LogP) is 4.36. The van der Waals surface area contributed by atoms with Gasteiger partial charge >= 0.3 is 4.83 Å². The minimum Gasteiger partial charge on any atom is -0.277 e. The molecule has 1 fully saturated rings. The smallest absolute Gasteiger partial charge is 0.277 e. The number of aromatic nitrogens is 4. The third-order valence-corrected chi connectivity index (χ3v) is 4.34. The van der Waals surface area contributed by atoms with Gasteiger partial charge < -0.3 is 0 Å². The molecule has 1 aliphatic carbocycles. The molecule has 0 amide bonds. The van der Waals surface area contributed by atoms with E-state index in [2.05, 4.69) is 31.1 Å². The van der Waals surface area contributed by atoms with Crippen molar-refractivity contribution in [3.63, 3.8) is 0 Å². The van der Waals surface area contributed by atoms with Crippen molar-refractivity contribution in [3.8, 4) is 11.3 Å². The Hall–Kier alpha value is -2.03. The van der Waals surface area contributed by atoms with Crippen molar-refractivity contribution in [2.75, 3.05) is 0 Å². The summed E-state index contributed by atoms with van der Waals surface area (Å²) in [5.74, 6) is -3.92. The third kappa shape index (κ3) is 2.56. The van der Waals surface area contributed by atoms with Gasteiger partial charge in [0.2, 0.25) is 5.82 Å². The van der Waals surface area contributed by atoms with Crippen LogP contribution in [0.2, 0.25) is 0 Å². The van der Waals surface area contributed by atoms with Crippen LogP contribution in [0.3, 0.4) is 0 Å². The summed E-state index contributed by atoms with van der Waals surface area (Å²) in [6.45, 7) is 0. The van der Waals surface area contributed by atoms with E-state index in [9.17, 15) is 17.6 Å². The van der Waals surface area contributed by atoms with Crippen LogP contribution in [0, 0.1) is 0 Å². The molecule has 4 rings (SSSR count). The highest BCUT2D eigenvalue weighted by Crippen LogP contribution is 2.55. The SMILES string of the molecule is FC(F)(Br)c1nnc2cnc(-c3ccc(C4CC4(F)F)cc3)cn12. The Kier molecular flexibility index (Phi) is 3.22. The van der Waals surface area contributed by atoms with Crippen LogP contribution in [0.1, 0.15) is 23.7 Å². The molecule has 3 aromatic rings. The van der Waals surface area contributed by atoms with Crippen LogP contribution in [0.4, 0.5) is 17.6 Å². The molecular formula is C15H9BrF4N4. The maximum absolute atomic E-state index is 13.5. The summed E-state index contributed by atoms with van der Waals surface area (Å²) in [6.07, 6.45) is 2.58. The number of hydrogen-bond donors (Lipinski definition) is 0. The summed E-state index contributed by atoms with van der Waals surface area (Å²) in [7, 11) is 0. The van der Waals surface area contributed by atoms with Crippen LogP contribution >= 0.6 is 15.9 Å². The molecule has 0 bridgehead atoms. The first-order valence-corrected chi connectivity index (χ1v) is 7.81. The Morgan fingerprint density at radius 2 is 1.83 bits per heavy atom. The van der Waals surface area contributed by atoms with Crippen molar-refractivity contribution in [2.24, 2.45) is 0 Å². The van der Waals surface area contributed by atoms with Gasteiger partial charge in [0.15, 0.2) is 5.65 Å². The second-order valence-electron chi connectivity index (χ2n) is 5.66. The lowest BCUT2D eigenvalue weighted by Crippen LogP contribution is -2.09. The minimum atomic E-state index is -3.33. The fraction of sp³-hybridized carbons (Fsp3) is 0.267. The van der Waals surface area contributed by atoms with Crippen molar-refractivity contribution in [3.05, 3.63) is 48.0 Å². The van der Waals surface area contributed by atoms with E-state index in [-0.39, 0.29) is 12.1 Å². The first-order valence-electron chi connectivity index (χ1n) is 7.02. The number of halogens is 5. The van der Waals surface area contributed by atoms with Crippen molar-refractivity contribution in [1.82, 2.24) is 19.6 Å². The standard InChI is InChI=1S/C15H9BrF4N4/c16-15(19,20)13-23-22-12-6-21-11(7-24(12)13)9-3-1-8(2-4-9)10-5-14(10,17)18/h1-4,6-7,10H,5H2. The molecule has 0 aliphatic heterocycles. The number of alkyl halides is 5. The molecule has 0 spiro atoms. The molecule has 24 heavy (non-hydrogen) atoms. The molecule has 1 atom stereocenters. The Labute approximate surface area is 141 Å². The summed E-state index contributed by atoms with van der Waals surface area (Å²) in [6, 6.07) is 6.51. The lowest BCUT2D eigenvalue weighted by atomic mass is 10.1. The highest BCUT2D eigenvalue weighted by Gasteiger charge is 2.57. The van der Waals surface area contributed by atoms with Gasteiger partial charge in [0.1, 0.15) is 0 Å². The number of nitrogens with zero attached hydrogens (tertiary/aromatic N) is 4. The van der Waals surface area contributed by atoms with Crippen LogP contribution in [0.5, 0.6) is 0 Å². The molecule has 0 N–H and O–H groups in total. The average molecular weight is 401 g/mol. The number of hydrogen-bond acceptors (Lipinski definition) is 3. The summed E-state index contributed by atoms with van der Waals surface area (Å²) in [5, 5.41) is 7.09. The molecule has 2 heterocycles. The summed E-state index contributed by atoms with van der Waals surface area (Å²) in [4.78, 5) is 0.833. The van der Waals surface area contributed by atoms with Crippen molar-refractivity contribution in [1.29, 1.82) is 0 Å². The number of fused-ring (bicyclic) bond motifs is 1. The van der Waals surface area contributed by atoms with Gasteiger partial charge in [0.25, 0.3) is 5.92 Å². The Morgan fingerprint density at radius 3 is 2.42 bits per heavy atom. The van der Waals surface area contributed by atoms with Gasteiger partial charge in [-0.05, 0) is 21.5 Å². The number of rotatable bonds is 3. The van der Waals surface area contributed by atoms with Crippen LogP contribution in [0.15, 0.2) is 36.7 Å². The van der Waals surface area contributed by atoms with Gasteiger partial charge in [-0.1, -0.05) is 24.3 Å². The van der Waals surface area contributed by atoms with Gasteiger partial charge in [-0.3, -0.25) is 9.38 Å².